The van der Waals surface area contributed by atoms with E-state index in [0.717, 1.165) is 6.54 Å². The van der Waals surface area contributed by atoms with Gasteiger partial charge in [0.25, 0.3) is 0 Å². The molecule has 0 spiro atoms. The van der Waals surface area contributed by atoms with Crippen molar-refractivity contribution < 1.29 is 10.0 Å². The second kappa shape index (κ2) is 7.33. The van der Waals surface area contributed by atoms with Gasteiger partial charge in [-0.25, -0.2) is 0 Å². The predicted octanol–water partition coefficient (Wildman–Crippen LogP) is 0.805. The molecular weight excluding hydrogens is 244 g/mol. The van der Waals surface area contributed by atoms with Crippen LogP contribution < -0.4 is 5.73 Å². The summed E-state index contributed by atoms with van der Waals surface area (Å²) < 4.78 is 0. The molecule has 0 bridgehead atoms. The van der Waals surface area contributed by atoms with Crippen molar-refractivity contribution in [3.05, 3.63) is 0 Å². The molecule has 0 atom stereocenters. The van der Waals surface area contributed by atoms with E-state index in [2.05, 4.69) is 19.0 Å². The van der Waals surface area contributed by atoms with Crippen molar-refractivity contribution in [1.29, 1.82) is 0 Å². The minimum absolute atomic E-state index is 0.0592. The van der Waals surface area contributed by atoms with Gasteiger partial charge in [-0.2, -0.15) is 0 Å². The molecule has 6 heteroatoms. The molecule has 6 nitrogen and oxygen atoms in total. The smallest absolute Gasteiger partial charge is 0.236 e. The average molecular weight is 272 g/mol. The summed E-state index contributed by atoms with van der Waals surface area (Å²) in [5, 5.41) is 11.8. The second-order valence-electron chi connectivity index (χ2n) is 6.06. The van der Waals surface area contributed by atoms with Crippen molar-refractivity contribution >= 4 is 11.7 Å². The first-order chi connectivity index (χ1) is 8.62. The highest BCUT2D eigenvalue weighted by Gasteiger charge is 2.36. The average Bonchev–Trinajstić information content (AvgIpc) is 2.31. The molecule has 0 fully saturated rings. The van der Waals surface area contributed by atoms with E-state index < -0.39 is 5.41 Å². The van der Waals surface area contributed by atoms with E-state index in [-0.39, 0.29) is 11.7 Å². The summed E-state index contributed by atoms with van der Waals surface area (Å²) in [6.07, 6.45) is 0. The molecule has 0 radical (unpaired) electrons. The Morgan fingerprint density at radius 1 is 1.32 bits per heavy atom. The first kappa shape index (κ1) is 17.7. The van der Waals surface area contributed by atoms with Gasteiger partial charge in [-0.3, -0.25) is 4.79 Å². The second-order valence-corrected chi connectivity index (χ2v) is 6.06. The lowest BCUT2D eigenvalue weighted by atomic mass is 9.89. The van der Waals surface area contributed by atoms with Crippen LogP contribution in [-0.2, 0) is 4.79 Å². The number of rotatable bonds is 7. The first-order valence-electron chi connectivity index (χ1n) is 6.55. The molecule has 0 rings (SSSR count). The lowest BCUT2D eigenvalue weighted by Gasteiger charge is -2.33. The topological polar surface area (TPSA) is 82.2 Å². The number of nitrogens with zero attached hydrogens (tertiary/aromatic N) is 3. The molecule has 0 unspecified atom stereocenters. The minimum Gasteiger partial charge on any atom is -0.409 e. The number of carbonyl (C=O) groups excluding carboxylic acids is 1. The molecule has 0 heterocycles. The normalized spacial score (nSPS) is 13.2. The van der Waals surface area contributed by atoms with Gasteiger partial charge >= 0.3 is 0 Å². The molecule has 0 aromatic carbocycles. The molecule has 19 heavy (non-hydrogen) atoms. The van der Waals surface area contributed by atoms with Crippen LogP contribution in [0.2, 0.25) is 0 Å². The summed E-state index contributed by atoms with van der Waals surface area (Å²) >= 11 is 0. The molecule has 3 N–H and O–H groups in total. The number of amides is 1. The molecule has 0 aromatic rings. The molecule has 0 aromatic heterocycles. The van der Waals surface area contributed by atoms with Crippen LogP contribution in [0.3, 0.4) is 0 Å². The maximum Gasteiger partial charge on any atom is 0.236 e. The lowest BCUT2D eigenvalue weighted by Crippen LogP contribution is -2.50. The Labute approximate surface area is 116 Å². The number of hydrogen-bond donors (Lipinski definition) is 2. The number of amidine groups is 1. The number of carbonyl (C=O) groups is 1. The van der Waals surface area contributed by atoms with E-state index in [1.165, 1.54) is 0 Å². The highest BCUT2D eigenvalue weighted by atomic mass is 16.4. The zero-order valence-corrected chi connectivity index (χ0v) is 13.0. The van der Waals surface area contributed by atoms with Crippen LogP contribution in [0.4, 0.5) is 0 Å². The van der Waals surface area contributed by atoms with Gasteiger partial charge in [0, 0.05) is 19.6 Å². The SMILES string of the molecule is CC(C)CN(CCN(C)C)C(=O)C(C)(C)C(N)=NO. The fraction of sp³-hybridized carbons (Fsp3) is 0.846. The summed E-state index contributed by atoms with van der Waals surface area (Å²) in [6, 6.07) is 0. The molecule has 1 amide bonds. The summed E-state index contributed by atoms with van der Waals surface area (Å²) in [5.74, 6) is 0.198. The highest BCUT2D eigenvalue weighted by molar-refractivity contribution is 6.05. The Kier molecular flexibility index (Phi) is 6.83. The monoisotopic (exact) mass is 272 g/mol. The minimum atomic E-state index is -0.990. The van der Waals surface area contributed by atoms with Gasteiger partial charge in [0.05, 0.1) is 0 Å². The lowest BCUT2D eigenvalue weighted by molar-refractivity contribution is -0.137. The molecule has 0 saturated heterocycles. The van der Waals surface area contributed by atoms with E-state index in [1.807, 2.05) is 19.0 Å². The Morgan fingerprint density at radius 3 is 2.21 bits per heavy atom. The van der Waals surface area contributed by atoms with Crippen molar-refractivity contribution in [3.8, 4) is 0 Å². The summed E-state index contributed by atoms with van der Waals surface area (Å²) in [6.45, 7) is 9.55. The van der Waals surface area contributed by atoms with Crippen LogP contribution in [0.1, 0.15) is 27.7 Å². The van der Waals surface area contributed by atoms with Crippen LogP contribution in [-0.4, -0.2) is 60.5 Å². The van der Waals surface area contributed by atoms with Crippen LogP contribution in [0, 0.1) is 11.3 Å². The van der Waals surface area contributed by atoms with Gasteiger partial charge in [-0.15, -0.1) is 0 Å². The molecule has 112 valence electrons. The quantitative estimate of drug-likeness (QED) is 0.311. The Morgan fingerprint density at radius 2 is 1.84 bits per heavy atom. The van der Waals surface area contributed by atoms with Crippen molar-refractivity contribution in [2.24, 2.45) is 22.2 Å². The third-order valence-corrected chi connectivity index (χ3v) is 2.97. The van der Waals surface area contributed by atoms with Crippen molar-refractivity contribution in [2.75, 3.05) is 33.7 Å². The molecule has 0 aliphatic heterocycles. The van der Waals surface area contributed by atoms with Gasteiger partial charge < -0.3 is 20.7 Å². The van der Waals surface area contributed by atoms with E-state index in [9.17, 15) is 4.79 Å². The number of likely N-dealkylation sites (N-methyl/N-ethyl adjacent to an activating group) is 1. The van der Waals surface area contributed by atoms with Gasteiger partial charge in [0.1, 0.15) is 5.41 Å². The van der Waals surface area contributed by atoms with Crippen LogP contribution in [0.15, 0.2) is 5.16 Å². The zero-order valence-electron chi connectivity index (χ0n) is 13.0. The first-order valence-corrected chi connectivity index (χ1v) is 6.55. The largest absolute Gasteiger partial charge is 0.409 e. The van der Waals surface area contributed by atoms with Gasteiger partial charge in [-0.05, 0) is 33.9 Å². The van der Waals surface area contributed by atoms with E-state index in [0.29, 0.717) is 19.0 Å². The summed E-state index contributed by atoms with van der Waals surface area (Å²) in [4.78, 5) is 16.4. The fourth-order valence-corrected chi connectivity index (χ4v) is 1.67. The third-order valence-electron chi connectivity index (χ3n) is 2.97. The number of oxime groups is 1. The van der Waals surface area contributed by atoms with Gasteiger partial charge in [-0.1, -0.05) is 19.0 Å². The van der Waals surface area contributed by atoms with Crippen LogP contribution in [0.5, 0.6) is 0 Å². The maximum atomic E-state index is 12.5. The van der Waals surface area contributed by atoms with E-state index >= 15 is 0 Å². The van der Waals surface area contributed by atoms with Gasteiger partial charge in [0.2, 0.25) is 5.91 Å². The van der Waals surface area contributed by atoms with E-state index in [1.54, 1.807) is 18.7 Å². The van der Waals surface area contributed by atoms with Crippen molar-refractivity contribution in [2.45, 2.75) is 27.7 Å². The Bertz CT molecular complexity index is 325. The standard InChI is InChI=1S/C13H28N4O2/c1-10(2)9-17(8-7-16(5)6)12(18)13(3,4)11(14)15-19/h10,19H,7-9H2,1-6H3,(H2,14,15). The summed E-state index contributed by atoms with van der Waals surface area (Å²) in [5.41, 5.74) is 4.63. The number of nitrogens with two attached hydrogens (primary N) is 1. The Balaban J connectivity index is 4.98. The van der Waals surface area contributed by atoms with Crippen molar-refractivity contribution in [1.82, 2.24) is 9.80 Å². The fourth-order valence-electron chi connectivity index (χ4n) is 1.67. The van der Waals surface area contributed by atoms with Crippen LogP contribution in [0.25, 0.3) is 0 Å². The van der Waals surface area contributed by atoms with Gasteiger partial charge in [0.15, 0.2) is 5.84 Å². The highest BCUT2D eigenvalue weighted by Crippen LogP contribution is 2.20. The molecular formula is C13H28N4O2. The Hall–Kier alpha value is -1.30. The molecule has 0 saturated carbocycles. The molecule has 0 aliphatic rings. The summed E-state index contributed by atoms with van der Waals surface area (Å²) in [7, 11) is 3.93. The van der Waals surface area contributed by atoms with Crippen molar-refractivity contribution in [3.63, 3.8) is 0 Å². The molecule has 0 aliphatic carbocycles. The zero-order chi connectivity index (χ0) is 15.2. The predicted molar refractivity (Wildman–Crippen MR) is 77.2 cm³/mol. The number of hydrogen-bond acceptors (Lipinski definition) is 4. The van der Waals surface area contributed by atoms with Crippen LogP contribution >= 0.6 is 0 Å². The third kappa shape index (κ3) is 5.46. The van der Waals surface area contributed by atoms with E-state index in [4.69, 9.17) is 10.9 Å². The maximum absolute atomic E-state index is 12.5.